The van der Waals surface area contributed by atoms with Gasteiger partial charge in [-0.2, -0.15) is 4.98 Å². The van der Waals surface area contributed by atoms with Gasteiger partial charge in [0.1, 0.15) is 0 Å². The average Bonchev–Trinajstić information content (AvgIpc) is 2.46. The van der Waals surface area contributed by atoms with Crippen LogP contribution in [0.15, 0.2) is 22.2 Å². The quantitative estimate of drug-likeness (QED) is 0.633. The summed E-state index contributed by atoms with van der Waals surface area (Å²) >= 11 is 1.09. The fourth-order valence-electron chi connectivity index (χ4n) is 2.57. The van der Waals surface area contributed by atoms with E-state index in [1.807, 2.05) is 4.57 Å². The lowest BCUT2D eigenvalue weighted by atomic mass is 10.1. The molecule has 0 spiro atoms. The highest BCUT2D eigenvalue weighted by Crippen LogP contribution is 2.20. The second-order valence-corrected chi connectivity index (χ2v) is 6.29. The van der Waals surface area contributed by atoms with Gasteiger partial charge in [0.15, 0.2) is 5.16 Å². The van der Waals surface area contributed by atoms with Crippen LogP contribution in [0.1, 0.15) is 32.2 Å². The van der Waals surface area contributed by atoms with Crippen LogP contribution < -0.4 is 5.56 Å². The molecule has 0 bridgehead atoms. The SMILES string of the molecule is CC(CN1CCCCC1)n1ccc(=O)nc1SCC(=O)O. The van der Waals surface area contributed by atoms with Crippen LogP contribution in [-0.4, -0.2) is 50.9 Å². The Morgan fingerprint density at radius 3 is 2.81 bits per heavy atom. The molecule has 1 atom stereocenters. The number of carboxylic acids is 1. The Labute approximate surface area is 128 Å². The third kappa shape index (κ3) is 4.86. The van der Waals surface area contributed by atoms with Crippen molar-refractivity contribution in [2.75, 3.05) is 25.4 Å². The van der Waals surface area contributed by atoms with Gasteiger partial charge >= 0.3 is 5.97 Å². The van der Waals surface area contributed by atoms with Gasteiger partial charge in [0.2, 0.25) is 0 Å². The molecule has 1 saturated heterocycles. The van der Waals surface area contributed by atoms with E-state index in [0.717, 1.165) is 31.4 Å². The average molecular weight is 311 g/mol. The van der Waals surface area contributed by atoms with Gasteiger partial charge in [-0.3, -0.25) is 9.59 Å². The van der Waals surface area contributed by atoms with Crippen molar-refractivity contribution >= 4 is 17.7 Å². The molecule has 2 heterocycles. The molecule has 1 aliphatic rings. The molecule has 1 aromatic heterocycles. The fourth-order valence-corrected chi connectivity index (χ4v) is 3.37. The molecule has 1 aliphatic heterocycles. The van der Waals surface area contributed by atoms with E-state index in [1.54, 1.807) is 6.20 Å². The van der Waals surface area contributed by atoms with Gasteiger partial charge in [-0.1, -0.05) is 18.2 Å². The smallest absolute Gasteiger partial charge is 0.313 e. The molecular weight excluding hydrogens is 290 g/mol. The van der Waals surface area contributed by atoms with E-state index in [4.69, 9.17) is 5.11 Å². The molecule has 7 heteroatoms. The van der Waals surface area contributed by atoms with Gasteiger partial charge in [-0.15, -0.1) is 0 Å². The van der Waals surface area contributed by atoms with E-state index in [2.05, 4.69) is 16.8 Å². The normalized spacial score (nSPS) is 17.6. The second kappa shape index (κ2) is 7.61. The molecule has 1 aromatic rings. The van der Waals surface area contributed by atoms with Crippen LogP contribution in [0.3, 0.4) is 0 Å². The summed E-state index contributed by atoms with van der Waals surface area (Å²) in [5.41, 5.74) is -0.329. The molecule has 1 unspecified atom stereocenters. The zero-order valence-electron chi connectivity index (χ0n) is 12.2. The molecular formula is C14H21N3O3S. The van der Waals surface area contributed by atoms with Crippen molar-refractivity contribution in [3.63, 3.8) is 0 Å². The predicted molar refractivity (Wildman–Crippen MR) is 81.9 cm³/mol. The van der Waals surface area contributed by atoms with Crippen molar-refractivity contribution in [3.8, 4) is 0 Å². The first-order chi connectivity index (χ1) is 10.1. The molecule has 0 amide bonds. The van der Waals surface area contributed by atoms with Gasteiger partial charge < -0.3 is 14.6 Å². The zero-order valence-corrected chi connectivity index (χ0v) is 13.0. The predicted octanol–water partition coefficient (Wildman–Crippen LogP) is 1.47. The third-order valence-corrected chi connectivity index (χ3v) is 4.53. The van der Waals surface area contributed by atoms with E-state index in [1.165, 1.54) is 25.3 Å². The van der Waals surface area contributed by atoms with E-state index < -0.39 is 5.97 Å². The lowest BCUT2D eigenvalue weighted by Crippen LogP contribution is -2.35. The van der Waals surface area contributed by atoms with Crippen molar-refractivity contribution in [2.45, 2.75) is 37.4 Å². The number of hydrogen-bond acceptors (Lipinski definition) is 5. The first-order valence-electron chi connectivity index (χ1n) is 7.22. The topological polar surface area (TPSA) is 75.4 Å². The minimum atomic E-state index is -0.909. The van der Waals surface area contributed by atoms with Crippen LogP contribution in [-0.2, 0) is 4.79 Å². The number of aliphatic carboxylic acids is 1. The van der Waals surface area contributed by atoms with Crippen molar-refractivity contribution in [1.29, 1.82) is 0 Å². The number of carboxylic acid groups (broad SMARTS) is 1. The Morgan fingerprint density at radius 2 is 2.14 bits per heavy atom. The van der Waals surface area contributed by atoms with E-state index in [9.17, 15) is 9.59 Å². The minimum Gasteiger partial charge on any atom is -0.481 e. The first-order valence-corrected chi connectivity index (χ1v) is 8.21. The summed E-state index contributed by atoms with van der Waals surface area (Å²) in [6.45, 7) is 5.18. The maximum Gasteiger partial charge on any atom is 0.313 e. The molecule has 1 fully saturated rings. The summed E-state index contributed by atoms with van der Waals surface area (Å²) in [5.74, 6) is -0.999. The number of thioether (sulfide) groups is 1. The van der Waals surface area contributed by atoms with Crippen LogP contribution in [0.5, 0.6) is 0 Å². The summed E-state index contributed by atoms with van der Waals surface area (Å²) in [6, 6.07) is 1.59. The van der Waals surface area contributed by atoms with E-state index in [0.29, 0.717) is 5.16 Å². The molecule has 6 nitrogen and oxygen atoms in total. The van der Waals surface area contributed by atoms with E-state index in [-0.39, 0.29) is 17.4 Å². The maximum absolute atomic E-state index is 11.4. The molecule has 0 aliphatic carbocycles. The van der Waals surface area contributed by atoms with Crippen molar-refractivity contribution in [1.82, 2.24) is 14.5 Å². The maximum atomic E-state index is 11.4. The molecule has 0 radical (unpaired) electrons. The monoisotopic (exact) mass is 311 g/mol. The van der Waals surface area contributed by atoms with Gasteiger partial charge in [-0.05, 0) is 32.9 Å². The van der Waals surface area contributed by atoms with Crippen LogP contribution in [0.25, 0.3) is 0 Å². The number of piperidine rings is 1. The number of carbonyl (C=O) groups is 1. The van der Waals surface area contributed by atoms with Gasteiger partial charge in [-0.25, -0.2) is 0 Å². The highest BCUT2D eigenvalue weighted by molar-refractivity contribution is 7.99. The Morgan fingerprint density at radius 1 is 1.43 bits per heavy atom. The highest BCUT2D eigenvalue weighted by Gasteiger charge is 2.17. The Balaban J connectivity index is 2.09. The summed E-state index contributed by atoms with van der Waals surface area (Å²) in [5, 5.41) is 9.27. The first kappa shape index (κ1) is 16.0. The van der Waals surface area contributed by atoms with Crippen LogP contribution in [0.4, 0.5) is 0 Å². The van der Waals surface area contributed by atoms with E-state index >= 15 is 0 Å². The minimum absolute atomic E-state index is 0.0904. The van der Waals surface area contributed by atoms with Crippen molar-refractivity contribution in [2.24, 2.45) is 0 Å². The number of rotatable bonds is 6. The molecule has 2 rings (SSSR count). The van der Waals surface area contributed by atoms with Crippen molar-refractivity contribution in [3.05, 3.63) is 22.6 Å². The molecule has 0 saturated carbocycles. The lowest BCUT2D eigenvalue weighted by Gasteiger charge is -2.30. The van der Waals surface area contributed by atoms with Crippen molar-refractivity contribution < 1.29 is 9.90 Å². The Hall–Kier alpha value is -1.34. The number of aromatic nitrogens is 2. The van der Waals surface area contributed by atoms with Crippen LogP contribution >= 0.6 is 11.8 Å². The lowest BCUT2D eigenvalue weighted by molar-refractivity contribution is -0.133. The molecule has 21 heavy (non-hydrogen) atoms. The zero-order chi connectivity index (χ0) is 15.2. The highest BCUT2D eigenvalue weighted by atomic mass is 32.2. The van der Waals surface area contributed by atoms with Crippen LogP contribution in [0.2, 0.25) is 0 Å². The second-order valence-electron chi connectivity index (χ2n) is 5.35. The van der Waals surface area contributed by atoms with Gasteiger partial charge in [0.25, 0.3) is 5.56 Å². The standard InChI is InChI=1S/C14H21N3O3S/c1-11(9-16-6-3-2-4-7-16)17-8-5-12(18)15-14(17)21-10-13(19)20/h5,8,11H,2-4,6-7,9-10H2,1H3,(H,19,20). The Bertz CT molecular complexity index is 541. The van der Waals surface area contributed by atoms with Gasteiger partial charge in [0, 0.05) is 24.8 Å². The molecule has 1 N–H and O–H groups in total. The number of nitrogens with zero attached hydrogens (tertiary/aromatic N) is 3. The fraction of sp³-hybridized carbons (Fsp3) is 0.643. The summed E-state index contributed by atoms with van der Waals surface area (Å²) < 4.78 is 1.91. The van der Waals surface area contributed by atoms with Gasteiger partial charge in [0.05, 0.1) is 5.75 Å². The Kier molecular flexibility index (Phi) is 5.81. The van der Waals surface area contributed by atoms with Crippen LogP contribution in [0, 0.1) is 0 Å². The number of hydrogen-bond donors (Lipinski definition) is 1. The summed E-state index contributed by atoms with van der Waals surface area (Å²) in [4.78, 5) is 28.5. The third-order valence-electron chi connectivity index (χ3n) is 3.58. The summed E-state index contributed by atoms with van der Waals surface area (Å²) in [6.07, 6.45) is 5.48. The molecule has 116 valence electrons. The summed E-state index contributed by atoms with van der Waals surface area (Å²) in [7, 11) is 0. The number of likely N-dealkylation sites (tertiary alicyclic amines) is 1. The molecule has 0 aromatic carbocycles. The largest absolute Gasteiger partial charge is 0.481 e.